The van der Waals surface area contributed by atoms with E-state index in [4.69, 9.17) is 4.99 Å². The molecule has 0 fully saturated rings. The molecule has 0 bridgehead atoms. The highest BCUT2D eigenvalue weighted by Gasteiger charge is 2.24. The first-order valence-electron chi connectivity index (χ1n) is 9.08. The van der Waals surface area contributed by atoms with Crippen molar-refractivity contribution in [3.8, 4) is 11.1 Å². The monoisotopic (exact) mass is 347 g/mol. The van der Waals surface area contributed by atoms with Crippen LogP contribution in [0.3, 0.4) is 0 Å². The Labute approximate surface area is 153 Å². The lowest BCUT2D eigenvalue weighted by Crippen LogP contribution is -2.34. The maximum absolute atomic E-state index is 15.3. The topological polar surface area (TPSA) is 20.5 Å². The van der Waals surface area contributed by atoms with Crippen LogP contribution < -0.4 is 4.90 Å². The van der Waals surface area contributed by atoms with Gasteiger partial charge in [-0.05, 0) is 25.5 Å². The van der Waals surface area contributed by atoms with Crippen molar-refractivity contribution < 1.29 is 4.39 Å². The molecule has 0 radical (unpaired) electrons. The third-order valence-corrected chi connectivity index (χ3v) is 4.93. The van der Waals surface area contributed by atoms with Gasteiger partial charge in [0.15, 0.2) is 0 Å². The Morgan fingerprint density at radius 3 is 2.42 bits per heavy atom. The quantitative estimate of drug-likeness (QED) is 0.629. The van der Waals surface area contributed by atoms with Crippen molar-refractivity contribution in [2.45, 2.75) is 20.4 Å². The second kappa shape index (κ2) is 6.79. The minimum atomic E-state index is -0.202. The van der Waals surface area contributed by atoms with Crippen molar-refractivity contribution in [1.82, 2.24) is 4.57 Å². The normalized spacial score (nSPS) is 13.5. The van der Waals surface area contributed by atoms with Crippen molar-refractivity contribution in [3.63, 3.8) is 0 Å². The summed E-state index contributed by atoms with van der Waals surface area (Å²) in [6.45, 7) is 6.61. The van der Waals surface area contributed by atoms with Crippen LogP contribution in [-0.4, -0.2) is 23.4 Å². The molecule has 2 heterocycles. The van der Waals surface area contributed by atoms with E-state index in [1.807, 2.05) is 54.6 Å². The summed E-state index contributed by atoms with van der Waals surface area (Å²) in [5.41, 5.74) is 3.78. The van der Waals surface area contributed by atoms with Crippen LogP contribution >= 0.6 is 0 Å². The molecule has 4 heteroatoms. The Hall–Kier alpha value is -2.88. The van der Waals surface area contributed by atoms with E-state index in [9.17, 15) is 0 Å². The zero-order valence-corrected chi connectivity index (χ0v) is 15.1. The summed E-state index contributed by atoms with van der Waals surface area (Å²) in [5.74, 6) is 0.922. The number of anilines is 1. The van der Waals surface area contributed by atoms with E-state index in [1.165, 1.54) is 0 Å². The van der Waals surface area contributed by atoms with Crippen LogP contribution in [0.5, 0.6) is 0 Å². The lowest BCUT2D eigenvalue weighted by atomic mass is 9.99. The maximum atomic E-state index is 15.3. The number of likely N-dealkylation sites (N-methyl/N-ethyl adjacent to an activating group) is 1. The van der Waals surface area contributed by atoms with Crippen LogP contribution in [0, 0.1) is 5.82 Å². The van der Waals surface area contributed by atoms with Crippen molar-refractivity contribution in [2.75, 3.05) is 18.0 Å². The van der Waals surface area contributed by atoms with Crippen LogP contribution in [-0.2, 0) is 6.54 Å². The van der Waals surface area contributed by atoms with Crippen LogP contribution in [0.1, 0.15) is 19.4 Å². The lowest BCUT2D eigenvalue weighted by Gasteiger charge is -2.29. The number of rotatable bonds is 4. The van der Waals surface area contributed by atoms with Gasteiger partial charge in [0.1, 0.15) is 17.3 Å². The minimum absolute atomic E-state index is 0.202. The second-order valence-corrected chi connectivity index (χ2v) is 6.42. The van der Waals surface area contributed by atoms with Gasteiger partial charge in [0.2, 0.25) is 0 Å². The average molecular weight is 347 g/mol. The molecule has 1 aromatic heterocycles. The molecular weight excluding hydrogens is 325 g/mol. The minimum Gasteiger partial charge on any atom is -0.351 e. The first-order valence-corrected chi connectivity index (χ1v) is 9.08. The molecule has 132 valence electrons. The fourth-order valence-electron chi connectivity index (χ4n) is 3.58. The number of hydrogen-bond acceptors (Lipinski definition) is 2. The smallest absolute Gasteiger partial charge is 0.140 e. The van der Waals surface area contributed by atoms with Crippen LogP contribution in [0.2, 0.25) is 0 Å². The standard InChI is InChI=1S/C22H22FN3/c1-3-25-14-13-19-22(25)26(4-2)15-20(24-19)18-12-8-11-17(21(18)23)16-9-6-5-7-10-16/h5-14H,3-4,15H2,1-2H3. The molecule has 3 aromatic rings. The molecule has 0 atom stereocenters. The zero-order valence-electron chi connectivity index (χ0n) is 15.1. The number of benzene rings is 2. The number of aromatic nitrogens is 1. The van der Waals surface area contributed by atoms with Gasteiger partial charge in [0, 0.05) is 30.4 Å². The molecule has 26 heavy (non-hydrogen) atoms. The Morgan fingerprint density at radius 1 is 0.923 bits per heavy atom. The molecule has 0 saturated carbocycles. The number of halogens is 1. The molecule has 0 amide bonds. The van der Waals surface area contributed by atoms with E-state index in [2.05, 4.69) is 29.5 Å². The first kappa shape index (κ1) is 16.6. The predicted molar refractivity (Wildman–Crippen MR) is 106 cm³/mol. The Kier molecular flexibility index (Phi) is 4.33. The second-order valence-electron chi connectivity index (χ2n) is 6.42. The van der Waals surface area contributed by atoms with Crippen molar-refractivity contribution in [3.05, 3.63) is 72.2 Å². The highest BCUT2D eigenvalue weighted by atomic mass is 19.1. The summed E-state index contributed by atoms with van der Waals surface area (Å²) < 4.78 is 17.5. The molecule has 0 N–H and O–H groups in total. The molecule has 2 aromatic carbocycles. The number of nitrogens with zero attached hydrogens (tertiary/aromatic N) is 3. The molecule has 0 aliphatic carbocycles. The van der Waals surface area contributed by atoms with Crippen LogP contribution in [0.25, 0.3) is 11.1 Å². The Bertz CT molecular complexity index is 957. The van der Waals surface area contributed by atoms with Gasteiger partial charge in [0.25, 0.3) is 0 Å². The molecule has 1 aliphatic rings. The third kappa shape index (κ3) is 2.71. The highest BCUT2D eigenvalue weighted by molar-refractivity contribution is 6.08. The van der Waals surface area contributed by atoms with Gasteiger partial charge in [-0.2, -0.15) is 0 Å². The summed E-state index contributed by atoms with van der Waals surface area (Å²) >= 11 is 0. The van der Waals surface area contributed by atoms with E-state index < -0.39 is 0 Å². The SMILES string of the molecule is CCN1CC(c2cccc(-c3ccccc3)c2F)=Nc2ccn(CC)c21. The summed E-state index contributed by atoms with van der Waals surface area (Å²) in [6, 6.07) is 17.2. The number of hydrogen-bond donors (Lipinski definition) is 0. The molecule has 0 unspecified atom stereocenters. The van der Waals surface area contributed by atoms with E-state index in [1.54, 1.807) is 0 Å². The number of fused-ring (bicyclic) bond motifs is 1. The number of aliphatic imine (C=N–C) groups is 1. The Balaban J connectivity index is 1.81. The van der Waals surface area contributed by atoms with Gasteiger partial charge < -0.3 is 9.47 Å². The fourth-order valence-corrected chi connectivity index (χ4v) is 3.58. The van der Waals surface area contributed by atoms with E-state index in [0.29, 0.717) is 17.7 Å². The van der Waals surface area contributed by atoms with Gasteiger partial charge in [-0.1, -0.05) is 48.5 Å². The van der Waals surface area contributed by atoms with Gasteiger partial charge >= 0.3 is 0 Å². The van der Waals surface area contributed by atoms with Crippen LogP contribution in [0.4, 0.5) is 15.9 Å². The molecule has 3 nitrogen and oxygen atoms in total. The molecule has 0 spiro atoms. The van der Waals surface area contributed by atoms with Crippen molar-refractivity contribution in [1.29, 1.82) is 0 Å². The van der Waals surface area contributed by atoms with Gasteiger partial charge in [-0.3, -0.25) is 0 Å². The fraction of sp³-hybridized carbons (Fsp3) is 0.227. The summed E-state index contributed by atoms with van der Waals surface area (Å²) in [5, 5.41) is 0. The Morgan fingerprint density at radius 2 is 1.69 bits per heavy atom. The zero-order chi connectivity index (χ0) is 18.1. The van der Waals surface area contributed by atoms with Gasteiger partial charge in [-0.15, -0.1) is 0 Å². The highest BCUT2D eigenvalue weighted by Crippen LogP contribution is 2.35. The van der Waals surface area contributed by atoms with Crippen LogP contribution in [0.15, 0.2) is 65.8 Å². The van der Waals surface area contributed by atoms with Crippen molar-refractivity contribution in [2.24, 2.45) is 4.99 Å². The largest absolute Gasteiger partial charge is 0.351 e. The molecular formula is C22H22FN3. The average Bonchev–Trinajstić information content (AvgIpc) is 3.11. The summed E-state index contributed by atoms with van der Waals surface area (Å²) in [6.07, 6.45) is 2.05. The van der Waals surface area contributed by atoms with E-state index in [-0.39, 0.29) is 5.82 Å². The van der Waals surface area contributed by atoms with E-state index in [0.717, 1.165) is 35.9 Å². The lowest BCUT2D eigenvalue weighted by molar-refractivity contribution is 0.628. The molecule has 1 aliphatic heterocycles. The van der Waals surface area contributed by atoms with Gasteiger partial charge in [-0.25, -0.2) is 9.38 Å². The number of aryl methyl sites for hydroxylation is 1. The molecule has 4 rings (SSSR count). The third-order valence-electron chi connectivity index (χ3n) is 4.93. The maximum Gasteiger partial charge on any atom is 0.140 e. The van der Waals surface area contributed by atoms with Crippen molar-refractivity contribution >= 4 is 17.2 Å². The molecule has 0 saturated heterocycles. The summed E-state index contributed by atoms with van der Waals surface area (Å²) in [4.78, 5) is 7.05. The summed E-state index contributed by atoms with van der Waals surface area (Å²) in [7, 11) is 0. The van der Waals surface area contributed by atoms with Gasteiger partial charge in [0.05, 0.1) is 12.3 Å². The first-order chi connectivity index (χ1) is 12.7. The van der Waals surface area contributed by atoms with E-state index >= 15 is 4.39 Å². The predicted octanol–water partition coefficient (Wildman–Crippen LogP) is 5.27.